The number of aromatic nitrogens is 3. The van der Waals surface area contributed by atoms with E-state index in [2.05, 4.69) is 32.4 Å². The highest BCUT2D eigenvalue weighted by Gasteiger charge is 2.23. The van der Waals surface area contributed by atoms with Crippen LogP contribution in [-0.2, 0) is 6.54 Å². The van der Waals surface area contributed by atoms with Gasteiger partial charge in [0.15, 0.2) is 5.82 Å². The highest BCUT2D eigenvalue weighted by Crippen LogP contribution is 2.28. The molecule has 0 aliphatic carbocycles. The fourth-order valence-corrected chi connectivity index (χ4v) is 4.07. The monoisotopic (exact) mass is 352 g/mol. The molecule has 128 valence electrons. The molecule has 0 bridgehead atoms. The van der Waals surface area contributed by atoms with Crippen LogP contribution in [0.5, 0.6) is 0 Å². The van der Waals surface area contributed by atoms with Gasteiger partial charge in [-0.2, -0.15) is 0 Å². The Kier molecular flexibility index (Phi) is 4.72. The lowest BCUT2D eigenvalue weighted by Crippen LogP contribution is -2.32. The summed E-state index contributed by atoms with van der Waals surface area (Å²) in [6.07, 6.45) is 3.78. The van der Waals surface area contributed by atoms with Gasteiger partial charge in [0.05, 0.1) is 5.69 Å². The Morgan fingerprint density at radius 1 is 1.20 bits per heavy atom. The van der Waals surface area contributed by atoms with Gasteiger partial charge in [0, 0.05) is 29.6 Å². The van der Waals surface area contributed by atoms with Crippen LogP contribution in [0.25, 0.3) is 11.5 Å². The Hall–Kier alpha value is -2.31. The Morgan fingerprint density at radius 3 is 2.80 bits per heavy atom. The first kappa shape index (κ1) is 16.2. The molecule has 3 aromatic rings. The lowest BCUT2D eigenvalue weighted by atomic mass is 9.93. The molecule has 0 saturated carbocycles. The molecule has 1 aliphatic rings. The summed E-state index contributed by atoms with van der Waals surface area (Å²) in [5, 5.41) is 2.13. The first-order valence-electron chi connectivity index (χ1n) is 8.55. The topological polar surface area (TPSA) is 61.9 Å². The number of nitrogens with one attached hydrogen (secondary N) is 1. The number of hydrogen-bond acceptors (Lipinski definition) is 5. The van der Waals surface area contributed by atoms with E-state index in [-0.39, 0.29) is 5.56 Å². The Morgan fingerprint density at radius 2 is 2.08 bits per heavy atom. The third-order valence-electron chi connectivity index (χ3n) is 4.63. The van der Waals surface area contributed by atoms with Crippen LogP contribution in [-0.4, -0.2) is 32.9 Å². The van der Waals surface area contributed by atoms with Crippen LogP contribution in [0, 0.1) is 0 Å². The van der Waals surface area contributed by atoms with E-state index >= 15 is 0 Å². The molecule has 0 amide bonds. The van der Waals surface area contributed by atoms with Crippen LogP contribution in [0.3, 0.4) is 0 Å². The zero-order valence-electron chi connectivity index (χ0n) is 13.9. The van der Waals surface area contributed by atoms with Crippen LogP contribution >= 0.6 is 11.3 Å². The lowest BCUT2D eigenvalue weighted by Gasteiger charge is -2.31. The number of likely N-dealkylation sites (tertiary alicyclic amines) is 1. The molecule has 0 spiro atoms. The predicted octanol–water partition coefficient (Wildman–Crippen LogP) is 3.27. The van der Waals surface area contributed by atoms with Gasteiger partial charge in [-0.15, -0.1) is 11.3 Å². The van der Waals surface area contributed by atoms with E-state index in [0.29, 0.717) is 17.4 Å². The van der Waals surface area contributed by atoms with Crippen molar-refractivity contribution in [3.05, 3.63) is 68.9 Å². The fourth-order valence-electron chi connectivity index (χ4n) is 3.32. The Bertz CT molecular complexity index is 868. The van der Waals surface area contributed by atoms with Crippen LogP contribution < -0.4 is 5.56 Å². The minimum atomic E-state index is -0.105. The van der Waals surface area contributed by atoms with E-state index in [1.54, 1.807) is 12.3 Å². The minimum absolute atomic E-state index is 0.105. The molecule has 5 nitrogen and oxygen atoms in total. The summed E-state index contributed by atoms with van der Waals surface area (Å²) in [4.78, 5) is 27.7. The van der Waals surface area contributed by atoms with Gasteiger partial charge in [-0.3, -0.25) is 14.7 Å². The third-order valence-corrected chi connectivity index (χ3v) is 5.50. The van der Waals surface area contributed by atoms with E-state index in [1.807, 2.05) is 29.5 Å². The Balaban J connectivity index is 1.48. The second-order valence-corrected chi connectivity index (χ2v) is 7.40. The van der Waals surface area contributed by atoms with E-state index in [9.17, 15) is 4.79 Å². The smallest absolute Gasteiger partial charge is 0.251 e. The van der Waals surface area contributed by atoms with Crippen molar-refractivity contribution in [3.63, 3.8) is 0 Å². The summed E-state index contributed by atoms with van der Waals surface area (Å²) in [6, 6.07) is 11.6. The van der Waals surface area contributed by atoms with Crippen molar-refractivity contribution in [2.45, 2.75) is 25.3 Å². The van der Waals surface area contributed by atoms with Crippen molar-refractivity contribution in [1.29, 1.82) is 0 Å². The number of H-pyrrole nitrogens is 1. The molecular formula is C19H20N4OS. The van der Waals surface area contributed by atoms with Gasteiger partial charge in [-0.1, -0.05) is 12.1 Å². The van der Waals surface area contributed by atoms with Crippen molar-refractivity contribution in [2.75, 3.05) is 13.1 Å². The summed E-state index contributed by atoms with van der Waals surface area (Å²) >= 11 is 1.81. The summed E-state index contributed by atoms with van der Waals surface area (Å²) < 4.78 is 0. The summed E-state index contributed by atoms with van der Waals surface area (Å²) in [7, 11) is 0. The second-order valence-electron chi connectivity index (χ2n) is 6.36. The number of pyridine rings is 1. The maximum Gasteiger partial charge on any atom is 0.251 e. The SMILES string of the molecule is O=c1cc(C2CCN(Cc3cccs3)CC2)nc(-c2ccccn2)[nH]1. The number of piperidine rings is 1. The quantitative estimate of drug-likeness (QED) is 0.783. The number of aromatic amines is 1. The molecule has 1 aliphatic heterocycles. The molecule has 1 fully saturated rings. The van der Waals surface area contributed by atoms with Gasteiger partial charge in [-0.25, -0.2) is 4.98 Å². The molecule has 6 heteroatoms. The largest absolute Gasteiger partial charge is 0.305 e. The number of thiophene rings is 1. The fraction of sp³-hybridized carbons (Fsp3) is 0.316. The van der Waals surface area contributed by atoms with Gasteiger partial charge in [0.25, 0.3) is 5.56 Å². The zero-order valence-corrected chi connectivity index (χ0v) is 14.7. The molecule has 4 rings (SSSR count). The highest BCUT2D eigenvalue weighted by atomic mass is 32.1. The van der Waals surface area contributed by atoms with Gasteiger partial charge < -0.3 is 4.98 Å². The number of hydrogen-bond donors (Lipinski definition) is 1. The molecule has 25 heavy (non-hydrogen) atoms. The molecule has 4 heterocycles. The standard InChI is InChI=1S/C19H20N4OS/c24-18-12-17(21-19(22-18)16-5-1-2-8-20-16)14-6-9-23(10-7-14)13-15-4-3-11-25-15/h1-5,8,11-12,14H,6-7,9-10,13H2,(H,21,22,24). The second kappa shape index (κ2) is 7.29. The molecule has 0 aromatic carbocycles. The number of rotatable bonds is 4. The van der Waals surface area contributed by atoms with Gasteiger partial charge in [-0.05, 0) is 49.5 Å². The molecule has 0 radical (unpaired) electrons. The normalized spacial score (nSPS) is 16.2. The maximum absolute atomic E-state index is 12.1. The zero-order chi connectivity index (χ0) is 17.1. The molecule has 0 atom stereocenters. The van der Waals surface area contributed by atoms with E-state index in [0.717, 1.165) is 38.2 Å². The minimum Gasteiger partial charge on any atom is -0.305 e. The first-order chi connectivity index (χ1) is 12.3. The van der Waals surface area contributed by atoms with E-state index in [4.69, 9.17) is 4.98 Å². The van der Waals surface area contributed by atoms with Crippen molar-refractivity contribution < 1.29 is 0 Å². The summed E-state index contributed by atoms with van der Waals surface area (Å²) in [5.41, 5.74) is 1.49. The molecule has 1 saturated heterocycles. The van der Waals surface area contributed by atoms with Gasteiger partial charge >= 0.3 is 0 Å². The van der Waals surface area contributed by atoms with Gasteiger partial charge in [0.2, 0.25) is 0 Å². The number of nitrogens with zero attached hydrogens (tertiary/aromatic N) is 3. The van der Waals surface area contributed by atoms with Crippen molar-refractivity contribution in [1.82, 2.24) is 19.9 Å². The first-order valence-corrected chi connectivity index (χ1v) is 9.43. The van der Waals surface area contributed by atoms with Crippen LogP contribution in [0.1, 0.15) is 29.3 Å². The van der Waals surface area contributed by atoms with Crippen molar-refractivity contribution in [3.8, 4) is 11.5 Å². The average Bonchev–Trinajstić information content (AvgIpc) is 3.16. The van der Waals surface area contributed by atoms with E-state index < -0.39 is 0 Å². The van der Waals surface area contributed by atoms with E-state index in [1.165, 1.54) is 4.88 Å². The maximum atomic E-state index is 12.1. The molecular weight excluding hydrogens is 332 g/mol. The molecule has 0 unspecified atom stereocenters. The lowest BCUT2D eigenvalue weighted by molar-refractivity contribution is 0.205. The third kappa shape index (κ3) is 3.86. The Labute approximate surface area is 150 Å². The summed E-state index contributed by atoms with van der Waals surface area (Å²) in [5.74, 6) is 0.897. The van der Waals surface area contributed by atoms with Crippen LogP contribution in [0.4, 0.5) is 0 Å². The molecule has 1 N–H and O–H groups in total. The average molecular weight is 352 g/mol. The molecule has 3 aromatic heterocycles. The van der Waals surface area contributed by atoms with Crippen LogP contribution in [0.2, 0.25) is 0 Å². The van der Waals surface area contributed by atoms with Crippen molar-refractivity contribution in [2.24, 2.45) is 0 Å². The van der Waals surface area contributed by atoms with Crippen molar-refractivity contribution >= 4 is 11.3 Å². The van der Waals surface area contributed by atoms with Gasteiger partial charge in [0.1, 0.15) is 5.69 Å². The summed E-state index contributed by atoms with van der Waals surface area (Å²) in [6.45, 7) is 3.10. The predicted molar refractivity (Wildman–Crippen MR) is 99.7 cm³/mol. The highest BCUT2D eigenvalue weighted by molar-refractivity contribution is 7.09. The van der Waals surface area contributed by atoms with Crippen LogP contribution in [0.15, 0.2) is 52.8 Å².